The Bertz CT molecular complexity index is 286. The monoisotopic (exact) mass is 236 g/mol. The minimum absolute atomic E-state index is 0.242. The third-order valence-corrected chi connectivity index (χ3v) is 3.74. The summed E-state index contributed by atoms with van der Waals surface area (Å²) in [6.45, 7) is 3.67. The van der Waals surface area contributed by atoms with Gasteiger partial charge in [0.15, 0.2) is 0 Å². The van der Waals surface area contributed by atoms with Gasteiger partial charge in [-0.1, -0.05) is 6.42 Å². The molecule has 0 atom stereocenters. The zero-order valence-electron chi connectivity index (χ0n) is 9.32. The number of sulfonamides is 1. The van der Waals surface area contributed by atoms with Crippen LogP contribution in [0.1, 0.15) is 39.5 Å². The summed E-state index contributed by atoms with van der Waals surface area (Å²) in [5.41, 5.74) is 5.29. The Balaban J connectivity index is 3.85. The number of amides is 1. The third kappa shape index (κ3) is 6.46. The van der Waals surface area contributed by atoms with Crippen LogP contribution in [0.3, 0.4) is 0 Å². The average Bonchev–Trinajstić information content (AvgIpc) is 2.11. The van der Waals surface area contributed by atoms with Gasteiger partial charge in [-0.2, -0.15) is 0 Å². The second-order valence-electron chi connectivity index (χ2n) is 3.72. The van der Waals surface area contributed by atoms with Gasteiger partial charge >= 0.3 is 0 Å². The average molecular weight is 236 g/mol. The summed E-state index contributed by atoms with van der Waals surface area (Å²) < 4.78 is 24.6. The van der Waals surface area contributed by atoms with Gasteiger partial charge in [0.1, 0.15) is 0 Å². The molecule has 3 N–H and O–H groups in total. The first kappa shape index (κ1) is 14.4. The maximum atomic E-state index is 11.3. The molecule has 0 aliphatic carbocycles. The normalized spacial score (nSPS) is 11.7. The van der Waals surface area contributed by atoms with E-state index in [1.54, 1.807) is 0 Å². The zero-order valence-corrected chi connectivity index (χ0v) is 10.1. The lowest BCUT2D eigenvalue weighted by molar-refractivity contribution is -0.119. The molecule has 0 spiro atoms. The molecule has 0 rings (SSSR count). The minimum atomic E-state index is -3.46. The quantitative estimate of drug-likeness (QED) is 0.625. The smallest absolute Gasteiger partial charge is 0.237 e. The van der Waals surface area contributed by atoms with E-state index in [-0.39, 0.29) is 6.42 Å². The molecule has 0 saturated heterocycles. The Morgan fingerprint density at radius 1 is 1.27 bits per heavy atom. The second-order valence-corrected chi connectivity index (χ2v) is 5.96. The van der Waals surface area contributed by atoms with Crippen molar-refractivity contribution in [2.24, 2.45) is 5.73 Å². The van der Waals surface area contributed by atoms with Crippen LogP contribution in [0.5, 0.6) is 0 Å². The molecule has 1 amide bonds. The molecule has 0 aromatic rings. The van der Waals surface area contributed by atoms with Crippen LogP contribution >= 0.6 is 0 Å². The highest BCUT2D eigenvalue weighted by Crippen LogP contribution is 2.01. The summed E-state index contributed by atoms with van der Waals surface area (Å²) in [4.78, 5) is 11.2. The number of rotatable bonds is 7. The molecular formula is C9H20N2O3S. The number of nitrogens with two attached hydrogens (primary N) is 1. The van der Waals surface area contributed by atoms with Crippen LogP contribution in [0.25, 0.3) is 0 Å². The van der Waals surface area contributed by atoms with E-state index >= 15 is 0 Å². The molecule has 0 bridgehead atoms. The summed E-state index contributed by atoms with van der Waals surface area (Å²) >= 11 is 0. The van der Waals surface area contributed by atoms with E-state index in [1.807, 2.05) is 4.72 Å². The Morgan fingerprint density at radius 2 is 1.87 bits per heavy atom. The van der Waals surface area contributed by atoms with Crippen molar-refractivity contribution in [2.75, 3.05) is 6.54 Å². The van der Waals surface area contributed by atoms with Gasteiger partial charge in [0.05, 0.1) is 5.25 Å². The first-order chi connectivity index (χ1) is 6.90. The molecule has 0 aromatic heterocycles. The molecule has 0 saturated carbocycles. The molecule has 0 aromatic carbocycles. The van der Waals surface area contributed by atoms with Crippen molar-refractivity contribution >= 4 is 15.9 Å². The lowest BCUT2D eigenvalue weighted by Gasteiger charge is -2.08. The SMILES string of the molecule is CC(C)S(=O)(=O)NC(=O)CCCCCN. The van der Waals surface area contributed by atoms with Crippen molar-refractivity contribution in [1.82, 2.24) is 4.72 Å². The molecule has 0 unspecified atom stereocenters. The first-order valence-electron chi connectivity index (χ1n) is 5.14. The predicted octanol–water partition coefficient (Wildman–Crippen LogP) is 0.360. The lowest BCUT2D eigenvalue weighted by atomic mass is 10.2. The van der Waals surface area contributed by atoms with Gasteiger partial charge in [0, 0.05) is 6.42 Å². The van der Waals surface area contributed by atoms with Crippen molar-refractivity contribution in [3.8, 4) is 0 Å². The van der Waals surface area contributed by atoms with Gasteiger partial charge in [-0.3, -0.25) is 9.52 Å². The Morgan fingerprint density at radius 3 is 2.33 bits per heavy atom. The molecule has 5 nitrogen and oxygen atoms in total. The maximum absolute atomic E-state index is 11.3. The fourth-order valence-electron chi connectivity index (χ4n) is 0.934. The highest BCUT2D eigenvalue weighted by atomic mass is 32.2. The summed E-state index contributed by atoms with van der Waals surface area (Å²) in [5, 5.41) is -0.578. The second kappa shape index (κ2) is 6.79. The highest BCUT2D eigenvalue weighted by Gasteiger charge is 2.18. The summed E-state index contributed by atoms with van der Waals surface area (Å²) in [5.74, 6) is -0.430. The lowest BCUT2D eigenvalue weighted by Crippen LogP contribution is -2.35. The molecule has 0 heterocycles. The molecular weight excluding hydrogens is 216 g/mol. The molecule has 0 aliphatic rings. The fraction of sp³-hybridized carbons (Fsp3) is 0.889. The van der Waals surface area contributed by atoms with E-state index < -0.39 is 21.2 Å². The zero-order chi connectivity index (χ0) is 11.9. The predicted molar refractivity (Wildman–Crippen MR) is 59.7 cm³/mol. The topological polar surface area (TPSA) is 89.3 Å². The van der Waals surface area contributed by atoms with Crippen molar-refractivity contribution < 1.29 is 13.2 Å². The van der Waals surface area contributed by atoms with Crippen LogP contribution in [0.15, 0.2) is 0 Å². The van der Waals surface area contributed by atoms with Gasteiger partial charge < -0.3 is 5.73 Å². The number of carbonyl (C=O) groups is 1. The molecule has 15 heavy (non-hydrogen) atoms. The third-order valence-electron chi connectivity index (χ3n) is 1.98. The number of hydrogen-bond acceptors (Lipinski definition) is 4. The van der Waals surface area contributed by atoms with Gasteiger partial charge in [0.25, 0.3) is 0 Å². The minimum Gasteiger partial charge on any atom is -0.330 e. The van der Waals surface area contributed by atoms with Crippen molar-refractivity contribution in [3.63, 3.8) is 0 Å². The molecule has 6 heteroatoms. The number of hydrogen-bond donors (Lipinski definition) is 2. The summed E-state index contributed by atoms with van der Waals surface area (Å²) in [7, 11) is -3.46. The van der Waals surface area contributed by atoms with Crippen LogP contribution in [0.4, 0.5) is 0 Å². The van der Waals surface area contributed by atoms with Crippen LogP contribution in [0, 0.1) is 0 Å². The van der Waals surface area contributed by atoms with Crippen molar-refractivity contribution in [3.05, 3.63) is 0 Å². The van der Waals surface area contributed by atoms with Crippen LogP contribution in [-0.2, 0) is 14.8 Å². The Labute approximate surface area is 91.5 Å². The van der Waals surface area contributed by atoms with Gasteiger partial charge in [-0.15, -0.1) is 0 Å². The summed E-state index contributed by atoms with van der Waals surface area (Å²) in [6, 6.07) is 0. The van der Waals surface area contributed by atoms with Crippen LogP contribution < -0.4 is 10.5 Å². The van der Waals surface area contributed by atoms with E-state index in [1.165, 1.54) is 13.8 Å². The van der Waals surface area contributed by atoms with Crippen molar-refractivity contribution in [1.29, 1.82) is 0 Å². The molecule has 90 valence electrons. The molecule has 0 radical (unpaired) electrons. The maximum Gasteiger partial charge on any atom is 0.237 e. The standard InChI is InChI=1S/C9H20N2O3S/c1-8(2)15(13,14)11-9(12)6-4-3-5-7-10/h8H,3-7,10H2,1-2H3,(H,11,12). The summed E-state index contributed by atoms with van der Waals surface area (Å²) in [6.07, 6.45) is 2.64. The van der Waals surface area contributed by atoms with E-state index in [0.717, 1.165) is 12.8 Å². The van der Waals surface area contributed by atoms with Gasteiger partial charge in [-0.25, -0.2) is 8.42 Å². The first-order valence-corrected chi connectivity index (χ1v) is 6.69. The Hall–Kier alpha value is -0.620. The van der Waals surface area contributed by atoms with Crippen molar-refractivity contribution in [2.45, 2.75) is 44.8 Å². The fourth-order valence-corrected chi connectivity index (χ4v) is 1.59. The highest BCUT2D eigenvalue weighted by molar-refractivity contribution is 7.90. The number of nitrogens with one attached hydrogen (secondary N) is 1. The number of carbonyl (C=O) groups excluding carboxylic acids is 1. The van der Waals surface area contributed by atoms with E-state index in [9.17, 15) is 13.2 Å². The largest absolute Gasteiger partial charge is 0.330 e. The number of unbranched alkanes of at least 4 members (excludes halogenated alkanes) is 2. The van der Waals surface area contributed by atoms with E-state index in [0.29, 0.717) is 13.0 Å². The van der Waals surface area contributed by atoms with Crippen LogP contribution in [-0.4, -0.2) is 26.1 Å². The van der Waals surface area contributed by atoms with Gasteiger partial charge in [0.2, 0.25) is 15.9 Å². The molecule has 0 aliphatic heterocycles. The Kier molecular flexibility index (Phi) is 6.51. The van der Waals surface area contributed by atoms with Gasteiger partial charge in [-0.05, 0) is 33.2 Å². The van der Waals surface area contributed by atoms with E-state index in [4.69, 9.17) is 5.73 Å². The van der Waals surface area contributed by atoms with Crippen LogP contribution in [0.2, 0.25) is 0 Å². The van der Waals surface area contributed by atoms with E-state index in [2.05, 4.69) is 0 Å². The molecule has 0 fully saturated rings.